The van der Waals surface area contributed by atoms with Gasteiger partial charge in [-0.15, -0.1) is 24.0 Å². The van der Waals surface area contributed by atoms with E-state index in [-0.39, 0.29) is 24.0 Å². The van der Waals surface area contributed by atoms with E-state index in [1.165, 1.54) is 32.5 Å². The maximum atomic E-state index is 5.84. The van der Waals surface area contributed by atoms with E-state index in [2.05, 4.69) is 29.1 Å². The van der Waals surface area contributed by atoms with Crippen molar-refractivity contribution in [3.05, 3.63) is 0 Å². The summed E-state index contributed by atoms with van der Waals surface area (Å²) in [4.78, 5) is 6.91. The first-order chi connectivity index (χ1) is 10.6. The van der Waals surface area contributed by atoms with Crippen molar-refractivity contribution in [2.45, 2.75) is 46.5 Å². The average molecular weight is 440 g/mol. The number of hydrogen-bond acceptors (Lipinski definition) is 3. The molecule has 0 aromatic rings. The molecule has 0 radical (unpaired) electrons. The van der Waals surface area contributed by atoms with Gasteiger partial charge in [0, 0.05) is 39.4 Å². The number of unbranched alkanes of at least 4 members (excludes halogenated alkanes) is 1. The van der Waals surface area contributed by atoms with E-state index >= 15 is 0 Å². The number of likely N-dealkylation sites (tertiary alicyclic amines) is 1. The van der Waals surface area contributed by atoms with Crippen LogP contribution >= 0.6 is 24.0 Å². The molecule has 0 aromatic heterocycles. The zero-order chi connectivity index (χ0) is 16.2. The molecule has 2 atom stereocenters. The number of nitrogens with zero attached hydrogens (tertiary/aromatic N) is 2. The topological polar surface area (TPSA) is 62.9 Å². The van der Waals surface area contributed by atoms with Crippen molar-refractivity contribution in [1.82, 2.24) is 10.2 Å². The second kappa shape index (κ2) is 14.3. The molecule has 0 spiro atoms. The second-order valence-electron chi connectivity index (χ2n) is 6.66. The molecule has 1 aliphatic heterocycles. The Morgan fingerprint density at radius 1 is 1.22 bits per heavy atom. The molecule has 1 saturated heterocycles. The van der Waals surface area contributed by atoms with Gasteiger partial charge in [-0.05, 0) is 51.0 Å². The lowest BCUT2D eigenvalue weighted by Crippen LogP contribution is -2.39. The first-order valence-corrected chi connectivity index (χ1v) is 8.95. The lowest BCUT2D eigenvalue weighted by molar-refractivity contribution is 0.139. The molecule has 1 heterocycles. The average Bonchev–Trinajstić information content (AvgIpc) is 2.45. The molecular formula is C17H37IN4O. The largest absolute Gasteiger partial charge is 0.382 e. The van der Waals surface area contributed by atoms with Gasteiger partial charge in [0.05, 0.1) is 0 Å². The Bertz CT molecular complexity index is 305. The van der Waals surface area contributed by atoms with Crippen LogP contribution in [0.25, 0.3) is 0 Å². The molecule has 1 fully saturated rings. The number of ether oxygens (including phenoxy) is 1. The minimum atomic E-state index is 0. The van der Waals surface area contributed by atoms with Crippen LogP contribution in [-0.4, -0.2) is 56.8 Å². The Hall–Kier alpha value is -0.0800. The Labute approximate surface area is 159 Å². The first kappa shape index (κ1) is 22.9. The number of hydrogen-bond donors (Lipinski definition) is 2. The van der Waals surface area contributed by atoms with Gasteiger partial charge in [-0.2, -0.15) is 0 Å². The van der Waals surface area contributed by atoms with E-state index in [9.17, 15) is 0 Å². The lowest BCUT2D eigenvalue weighted by atomic mass is 9.92. The summed E-state index contributed by atoms with van der Waals surface area (Å²) in [6.07, 6.45) is 4.69. The summed E-state index contributed by atoms with van der Waals surface area (Å²) in [6, 6.07) is 0. The maximum Gasteiger partial charge on any atom is 0.188 e. The SMILES string of the molecule is CCOCCCN=C(N)NCCCCN1CC(C)CC(C)C1.I. The summed E-state index contributed by atoms with van der Waals surface area (Å²) in [7, 11) is 0. The normalized spacial score (nSPS) is 22.7. The molecule has 23 heavy (non-hydrogen) atoms. The number of rotatable bonds is 10. The highest BCUT2D eigenvalue weighted by molar-refractivity contribution is 14.0. The summed E-state index contributed by atoms with van der Waals surface area (Å²) in [6.45, 7) is 13.7. The highest BCUT2D eigenvalue weighted by Gasteiger charge is 2.20. The molecule has 6 heteroatoms. The van der Waals surface area contributed by atoms with E-state index < -0.39 is 0 Å². The van der Waals surface area contributed by atoms with Crippen LogP contribution in [-0.2, 0) is 4.74 Å². The van der Waals surface area contributed by atoms with E-state index in [4.69, 9.17) is 10.5 Å². The third-order valence-electron chi connectivity index (χ3n) is 4.08. The van der Waals surface area contributed by atoms with Crippen molar-refractivity contribution in [2.24, 2.45) is 22.6 Å². The van der Waals surface area contributed by atoms with Crippen LogP contribution in [0.2, 0.25) is 0 Å². The maximum absolute atomic E-state index is 5.84. The molecule has 5 nitrogen and oxygen atoms in total. The van der Waals surface area contributed by atoms with Gasteiger partial charge < -0.3 is 20.7 Å². The molecule has 0 amide bonds. The van der Waals surface area contributed by atoms with Gasteiger partial charge >= 0.3 is 0 Å². The fourth-order valence-corrected chi connectivity index (χ4v) is 3.22. The van der Waals surface area contributed by atoms with E-state index in [0.717, 1.165) is 51.0 Å². The molecule has 138 valence electrons. The molecule has 0 bridgehead atoms. The minimum Gasteiger partial charge on any atom is -0.382 e. The summed E-state index contributed by atoms with van der Waals surface area (Å²) in [5.41, 5.74) is 5.84. The van der Waals surface area contributed by atoms with E-state index in [1.807, 2.05) is 6.92 Å². The van der Waals surface area contributed by atoms with Gasteiger partial charge in [-0.3, -0.25) is 4.99 Å². The smallest absolute Gasteiger partial charge is 0.188 e. The Balaban J connectivity index is 0.00000484. The van der Waals surface area contributed by atoms with Gasteiger partial charge in [0.1, 0.15) is 0 Å². The summed E-state index contributed by atoms with van der Waals surface area (Å²) < 4.78 is 5.27. The molecule has 1 rings (SSSR count). The van der Waals surface area contributed by atoms with E-state index in [0.29, 0.717) is 5.96 Å². The Morgan fingerprint density at radius 2 is 1.91 bits per heavy atom. The third kappa shape index (κ3) is 12.0. The van der Waals surface area contributed by atoms with Crippen molar-refractivity contribution >= 4 is 29.9 Å². The third-order valence-corrected chi connectivity index (χ3v) is 4.08. The van der Waals surface area contributed by atoms with Crippen molar-refractivity contribution in [3.8, 4) is 0 Å². The van der Waals surface area contributed by atoms with Gasteiger partial charge in [-0.1, -0.05) is 13.8 Å². The van der Waals surface area contributed by atoms with Crippen LogP contribution in [0.4, 0.5) is 0 Å². The standard InChI is InChI=1S/C17H36N4O.HI/c1-4-22-11-7-9-20-17(18)19-8-5-6-10-21-13-15(2)12-16(3)14-21;/h15-16H,4-14H2,1-3H3,(H3,18,19,20);1H. The molecule has 0 aromatic carbocycles. The molecule has 3 N–H and O–H groups in total. The second-order valence-corrected chi connectivity index (χ2v) is 6.66. The fourth-order valence-electron chi connectivity index (χ4n) is 3.22. The van der Waals surface area contributed by atoms with Gasteiger partial charge in [0.25, 0.3) is 0 Å². The predicted octanol–water partition coefficient (Wildman–Crippen LogP) is 2.69. The molecular weight excluding hydrogens is 403 g/mol. The van der Waals surface area contributed by atoms with Gasteiger partial charge in [0.2, 0.25) is 0 Å². The van der Waals surface area contributed by atoms with Crippen LogP contribution in [0.1, 0.15) is 46.5 Å². The predicted molar refractivity (Wildman–Crippen MR) is 110 cm³/mol. The highest BCUT2D eigenvalue weighted by atomic mass is 127. The number of halogens is 1. The van der Waals surface area contributed by atoms with Crippen LogP contribution in [0, 0.1) is 11.8 Å². The minimum absolute atomic E-state index is 0. The first-order valence-electron chi connectivity index (χ1n) is 8.95. The molecule has 1 aliphatic rings. The van der Waals surface area contributed by atoms with Crippen LogP contribution in [0.5, 0.6) is 0 Å². The van der Waals surface area contributed by atoms with Gasteiger partial charge in [0.15, 0.2) is 5.96 Å². The van der Waals surface area contributed by atoms with Crippen LogP contribution in [0.3, 0.4) is 0 Å². The number of nitrogens with two attached hydrogens (primary N) is 1. The number of piperidine rings is 1. The molecule has 2 unspecified atom stereocenters. The summed E-state index contributed by atoms with van der Waals surface area (Å²) in [5.74, 6) is 2.26. The van der Waals surface area contributed by atoms with Crippen molar-refractivity contribution in [1.29, 1.82) is 0 Å². The van der Waals surface area contributed by atoms with Gasteiger partial charge in [-0.25, -0.2) is 0 Å². The van der Waals surface area contributed by atoms with Crippen molar-refractivity contribution < 1.29 is 4.74 Å². The number of aliphatic imine (C=N–C) groups is 1. The summed E-state index contributed by atoms with van der Waals surface area (Å²) >= 11 is 0. The Kier molecular flexibility index (Phi) is 14.2. The highest BCUT2D eigenvalue weighted by Crippen LogP contribution is 2.20. The monoisotopic (exact) mass is 440 g/mol. The Morgan fingerprint density at radius 3 is 2.57 bits per heavy atom. The number of nitrogens with one attached hydrogen (secondary N) is 1. The van der Waals surface area contributed by atoms with Crippen molar-refractivity contribution in [3.63, 3.8) is 0 Å². The lowest BCUT2D eigenvalue weighted by Gasteiger charge is -2.34. The van der Waals surface area contributed by atoms with E-state index in [1.54, 1.807) is 0 Å². The fraction of sp³-hybridized carbons (Fsp3) is 0.941. The zero-order valence-electron chi connectivity index (χ0n) is 15.2. The molecule has 0 saturated carbocycles. The summed E-state index contributed by atoms with van der Waals surface area (Å²) in [5, 5.41) is 3.20. The van der Waals surface area contributed by atoms with Crippen molar-refractivity contribution in [2.75, 3.05) is 45.9 Å². The number of guanidine groups is 1. The van der Waals surface area contributed by atoms with Crippen LogP contribution in [0.15, 0.2) is 4.99 Å². The zero-order valence-corrected chi connectivity index (χ0v) is 17.6. The quantitative estimate of drug-likeness (QED) is 0.237. The molecule has 0 aliphatic carbocycles. The van der Waals surface area contributed by atoms with Crippen LogP contribution < -0.4 is 11.1 Å².